The molecule has 0 spiro atoms. The second-order valence-corrected chi connectivity index (χ2v) is 9.75. The minimum Gasteiger partial charge on any atom is -0.493 e. The van der Waals surface area contributed by atoms with Crippen molar-refractivity contribution in [3.63, 3.8) is 0 Å². The van der Waals surface area contributed by atoms with Crippen LogP contribution in [0.5, 0.6) is 11.5 Å². The van der Waals surface area contributed by atoms with Crippen molar-refractivity contribution in [2.75, 3.05) is 19.8 Å². The van der Waals surface area contributed by atoms with Crippen molar-refractivity contribution >= 4 is 12.0 Å². The number of hydrogen-bond acceptors (Lipinski definition) is 4. The van der Waals surface area contributed by atoms with E-state index in [4.69, 9.17) is 9.47 Å². The van der Waals surface area contributed by atoms with Gasteiger partial charge in [-0.05, 0) is 83.1 Å². The fourth-order valence-corrected chi connectivity index (χ4v) is 5.11. The van der Waals surface area contributed by atoms with Crippen molar-refractivity contribution in [3.8, 4) is 11.5 Å². The maximum Gasteiger partial charge on any atom is 0.318 e. The van der Waals surface area contributed by atoms with Gasteiger partial charge >= 0.3 is 12.0 Å². The number of urea groups is 1. The van der Waals surface area contributed by atoms with Crippen LogP contribution in [0.4, 0.5) is 4.79 Å². The zero-order valence-electron chi connectivity index (χ0n) is 22.7. The average Bonchev–Trinajstić information content (AvgIpc) is 3.35. The predicted octanol–water partition coefficient (Wildman–Crippen LogP) is 6.14. The van der Waals surface area contributed by atoms with E-state index >= 15 is 0 Å². The molecular weight excluding hydrogens is 468 g/mol. The van der Waals surface area contributed by atoms with Crippen LogP contribution in [0.15, 0.2) is 42.5 Å². The van der Waals surface area contributed by atoms with Gasteiger partial charge in [-0.25, -0.2) is 4.79 Å². The van der Waals surface area contributed by atoms with Gasteiger partial charge in [0.2, 0.25) is 0 Å². The van der Waals surface area contributed by atoms with Crippen LogP contribution in [0, 0.1) is 12.8 Å². The molecule has 1 aliphatic rings. The van der Waals surface area contributed by atoms with Crippen LogP contribution < -0.4 is 14.8 Å². The Kier molecular flexibility index (Phi) is 10.7. The summed E-state index contributed by atoms with van der Waals surface area (Å²) in [6, 6.07) is 13.5. The summed E-state index contributed by atoms with van der Waals surface area (Å²) in [6.45, 7) is 9.51. The largest absolute Gasteiger partial charge is 0.493 e. The summed E-state index contributed by atoms with van der Waals surface area (Å²) in [6.07, 6.45) is 4.82. The van der Waals surface area contributed by atoms with Gasteiger partial charge in [-0.3, -0.25) is 4.79 Å². The standard InChI is InChI=1S/C30H42N2O5/c1-5-36-27-19-24(20-28(21(27)3)37-6-2)22(4)32(18-11-10-15-23-13-8-7-9-14-23)30(35)31-26-17-12-16-25(26)29(33)34/h7-9,13-14,19-20,22,25-26H,5-6,10-12,15-18H2,1-4H3,(H,31,35)(H,33,34)/t22?,25-,26?/m0/s1. The van der Waals surface area contributed by atoms with Crippen molar-refractivity contribution in [1.29, 1.82) is 0 Å². The quantitative estimate of drug-likeness (QED) is 0.316. The molecule has 2 aromatic rings. The summed E-state index contributed by atoms with van der Waals surface area (Å²) in [5.41, 5.74) is 3.15. The van der Waals surface area contributed by atoms with Gasteiger partial charge < -0.3 is 24.8 Å². The van der Waals surface area contributed by atoms with E-state index < -0.39 is 11.9 Å². The van der Waals surface area contributed by atoms with E-state index in [0.717, 1.165) is 48.3 Å². The Morgan fingerprint density at radius 3 is 2.30 bits per heavy atom. The highest BCUT2D eigenvalue weighted by Gasteiger charge is 2.35. The second-order valence-electron chi connectivity index (χ2n) is 9.75. The van der Waals surface area contributed by atoms with E-state index in [1.807, 2.05) is 62.9 Å². The molecule has 0 radical (unpaired) electrons. The highest BCUT2D eigenvalue weighted by molar-refractivity contribution is 5.77. The Morgan fingerprint density at radius 1 is 1.05 bits per heavy atom. The van der Waals surface area contributed by atoms with Crippen molar-refractivity contribution in [2.45, 2.75) is 78.3 Å². The Bertz CT molecular complexity index is 999. The summed E-state index contributed by atoms with van der Waals surface area (Å²) >= 11 is 0. The fourth-order valence-electron chi connectivity index (χ4n) is 5.11. The second kappa shape index (κ2) is 13.9. The maximum atomic E-state index is 13.6. The first kappa shape index (κ1) is 28.4. The van der Waals surface area contributed by atoms with Gasteiger partial charge in [0.05, 0.1) is 25.2 Å². The maximum absolute atomic E-state index is 13.6. The third kappa shape index (κ3) is 7.63. The molecule has 7 heteroatoms. The van der Waals surface area contributed by atoms with E-state index in [0.29, 0.717) is 32.6 Å². The van der Waals surface area contributed by atoms with Crippen LogP contribution in [0.1, 0.15) is 75.6 Å². The van der Waals surface area contributed by atoms with Crippen molar-refractivity contribution in [1.82, 2.24) is 10.2 Å². The first-order chi connectivity index (χ1) is 17.8. The van der Waals surface area contributed by atoms with Crippen LogP contribution in [0.2, 0.25) is 0 Å². The first-order valence-corrected chi connectivity index (χ1v) is 13.6. The molecule has 0 heterocycles. The number of unbranched alkanes of at least 4 members (excludes halogenated alkanes) is 1. The minimum atomic E-state index is -0.841. The number of rotatable bonds is 13. The first-order valence-electron chi connectivity index (χ1n) is 13.6. The smallest absolute Gasteiger partial charge is 0.318 e. The predicted molar refractivity (Wildman–Crippen MR) is 145 cm³/mol. The molecule has 7 nitrogen and oxygen atoms in total. The van der Waals surface area contributed by atoms with Gasteiger partial charge in [0, 0.05) is 18.2 Å². The third-order valence-electron chi connectivity index (χ3n) is 7.24. The van der Waals surface area contributed by atoms with E-state index in [2.05, 4.69) is 17.4 Å². The number of ether oxygens (including phenoxy) is 2. The van der Waals surface area contributed by atoms with Crippen molar-refractivity contribution in [3.05, 3.63) is 59.2 Å². The fraction of sp³-hybridized carbons (Fsp3) is 0.533. The molecule has 0 saturated heterocycles. The average molecular weight is 511 g/mol. The number of benzene rings is 2. The Morgan fingerprint density at radius 2 is 1.70 bits per heavy atom. The minimum absolute atomic E-state index is 0.221. The van der Waals surface area contributed by atoms with Gasteiger partial charge in [0.15, 0.2) is 0 Å². The van der Waals surface area contributed by atoms with Crippen molar-refractivity contribution in [2.24, 2.45) is 5.92 Å². The lowest BCUT2D eigenvalue weighted by Crippen LogP contribution is -2.48. The summed E-state index contributed by atoms with van der Waals surface area (Å²) in [7, 11) is 0. The van der Waals surface area contributed by atoms with Gasteiger partial charge in [0.1, 0.15) is 11.5 Å². The van der Waals surface area contributed by atoms with Gasteiger partial charge in [0.25, 0.3) is 0 Å². The highest BCUT2D eigenvalue weighted by Crippen LogP contribution is 2.35. The van der Waals surface area contributed by atoms with Crippen molar-refractivity contribution < 1.29 is 24.2 Å². The number of carbonyl (C=O) groups is 2. The molecular formula is C30H42N2O5. The van der Waals surface area contributed by atoms with E-state index in [1.54, 1.807) is 0 Å². The summed E-state index contributed by atoms with van der Waals surface area (Å²) in [5.74, 6) is 0.127. The molecule has 2 amide bonds. The molecule has 2 N–H and O–H groups in total. The van der Waals surface area contributed by atoms with Gasteiger partial charge in [-0.1, -0.05) is 36.8 Å². The number of aryl methyl sites for hydroxylation is 1. The van der Waals surface area contributed by atoms with E-state index in [-0.39, 0.29) is 18.1 Å². The molecule has 37 heavy (non-hydrogen) atoms. The Balaban J connectivity index is 1.81. The zero-order chi connectivity index (χ0) is 26.8. The topological polar surface area (TPSA) is 88.1 Å². The third-order valence-corrected chi connectivity index (χ3v) is 7.24. The van der Waals surface area contributed by atoms with Crippen LogP contribution in [0.3, 0.4) is 0 Å². The number of carboxylic acid groups (broad SMARTS) is 1. The lowest BCUT2D eigenvalue weighted by Gasteiger charge is -2.32. The Hall–Kier alpha value is -3.22. The number of carbonyl (C=O) groups excluding carboxylic acids is 1. The van der Waals surface area contributed by atoms with E-state index in [1.165, 1.54) is 5.56 Å². The number of nitrogens with one attached hydrogen (secondary N) is 1. The van der Waals surface area contributed by atoms with E-state index in [9.17, 15) is 14.7 Å². The molecule has 0 aliphatic heterocycles. The number of nitrogens with zero attached hydrogens (tertiary/aromatic N) is 1. The summed E-state index contributed by atoms with van der Waals surface area (Å²) in [5, 5.41) is 12.7. The van der Waals surface area contributed by atoms with Gasteiger partial charge in [-0.2, -0.15) is 0 Å². The molecule has 2 aromatic carbocycles. The van der Waals surface area contributed by atoms with Gasteiger partial charge in [-0.15, -0.1) is 0 Å². The van der Waals surface area contributed by atoms with Crippen LogP contribution in [0.25, 0.3) is 0 Å². The zero-order valence-corrected chi connectivity index (χ0v) is 22.7. The molecule has 1 fully saturated rings. The summed E-state index contributed by atoms with van der Waals surface area (Å²) in [4.78, 5) is 27.1. The summed E-state index contributed by atoms with van der Waals surface area (Å²) < 4.78 is 11.8. The molecule has 202 valence electrons. The number of hydrogen-bond donors (Lipinski definition) is 2. The molecule has 1 aliphatic carbocycles. The molecule has 0 bridgehead atoms. The lowest BCUT2D eigenvalue weighted by molar-refractivity contribution is -0.142. The highest BCUT2D eigenvalue weighted by atomic mass is 16.5. The Labute approximate surface area is 221 Å². The van der Waals surface area contributed by atoms with Crippen LogP contribution in [-0.2, 0) is 11.2 Å². The molecule has 1 saturated carbocycles. The number of aliphatic carboxylic acids is 1. The van der Waals surface area contributed by atoms with Crippen LogP contribution in [-0.4, -0.2) is 47.8 Å². The number of amides is 2. The molecule has 2 unspecified atom stereocenters. The molecule has 0 aromatic heterocycles. The van der Waals surface area contributed by atoms with Crippen LogP contribution >= 0.6 is 0 Å². The lowest BCUT2D eigenvalue weighted by atomic mass is 10.0. The normalized spacial score (nSPS) is 17.7. The molecule has 3 atom stereocenters. The molecule has 3 rings (SSSR count). The number of carboxylic acids is 1. The monoisotopic (exact) mass is 510 g/mol. The SMILES string of the molecule is CCOc1cc(C(C)N(CCCCc2ccccc2)C(=O)NC2CCC[C@@H]2C(=O)O)cc(OCC)c1C.